The van der Waals surface area contributed by atoms with Gasteiger partial charge in [-0.1, -0.05) is 18.2 Å². The predicted molar refractivity (Wildman–Crippen MR) is 63.4 cm³/mol. The van der Waals surface area contributed by atoms with E-state index in [0.29, 0.717) is 11.8 Å². The molecule has 0 amide bonds. The van der Waals surface area contributed by atoms with Crippen LogP contribution in [-0.2, 0) is 5.54 Å². The summed E-state index contributed by atoms with van der Waals surface area (Å²) in [5.74, 6) is 0.444. The molecule has 1 saturated carbocycles. The van der Waals surface area contributed by atoms with Gasteiger partial charge in [0.25, 0.3) is 0 Å². The zero-order chi connectivity index (χ0) is 11.2. The van der Waals surface area contributed by atoms with Crippen LogP contribution >= 0.6 is 0 Å². The predicted octanol–water partition coefficient (Wildman–Crippen LogP) is 1.28. The summed E-state index contributed by atoms with van der Waals surface area (Å²) in [6.07, 6.45) is 2.33. The van der Waals surface area contributed by atoms with Crippen molar-refractivity contribution in [1.29, 1.82) is 0 Å². The molecule has 0 spiro atoms. The third-order valence-electron chi connectivity index (χ3n) is 4.11. The fraction of sp³-hybridized carbons (Fsp3) is 0.538. The molecule has 0 aromatic heterocycles. The van der Waals surface area contributed by atoms with E-state index in [2.05, 4.69) is 23.3 Å². The van der Waals surface area contributed by atoms with Crippen LogP contribution in [0.4, 0.5) is 0 Å². The first-order chi connectivity index (χ1) is 7.74. The fourth-order valence-corrected chi connectivity index (χ4v) is 2.69. The van der Waals surface area contributed by atoms with Gasteiger partial charge in [-0.05, 0) is 26.0 Å². The van der Waals surface area contributed by atoms with Crippen LogP contribution in [0.3, 0.4) is 0 Å². The Morgan fingerprint density at radius 3 is 2.50 bits per heavy atom. The third kappa shape index (κ3) is 1.35. The molecule has 0 bridgehead atoms. The van der Waals surface area contributed by atoms with Crippen molar-refractivity contribution >= 4 is 0 Å². The highest BCUT2D eigenvalue weighted by Crippen LogP contribution is 2.53. The van der Waals surface area contributed by atoms with Crippen molar-refractivity contribution in [2.75, 3.05) is 20.1 Å². The lowest BCUT2D eigenvalue weighted by atomic mass is 9.98. The Kier molecular flexibility index (Phi) is 2.19. The molecule has 86 valence electrons. The van der Waals surface area contributed by atoms with Crippen LogP contribution in [0.5, 0.6) is 5.75 Å². The van der Waals surface area contributed by atoms with Gasteiger partial charge in [0.2, 0.25) is 0 Å². The van der Waals surface area contributed by atoms with Gasteiger partial charge >= 0.3 is 0 Å². The number of hydrogen-bond acceptors (Lipinski definition) is 3. The van der Waals surface area contributed by atoms with Crippen LogP contribution in [-0.4, -0.2) is 36.2 Å². The molecule has 0 atom stereocenters. The van der Waals surface area contributed by atoms with E-state index in [1.807, 2.05) is 12.1 Å². The van der Waals surface area contributed by atoms with Crippen molar-refractivity contribution in [2.45, 2.75) is 24.4 Å². The first-order valence-corrected chi connectivity index (χ1v) is 5.96. The van der Waals surface area contributed by atoms with Gasteiger partial charge in [0, 0.05) is 30.2 Å². The Balaban J connectivity index is 1.90. The molecule has 16 heavy (non-hydrogen) atoms. The van der Waals surface area contributed by atoms with Gasteiger partial charge in [0.15, 0.2) is 0 Å². The number of phenols is 1. The maximum Gasteiger partial charge on any atom is 0.120 e. The van der Waals surface area contributed by atoms with Gasteiger partial charge < -0.3 is 10.4 Å². The minimum atomic E-state index is 0.109. The Morgan fingerprint density at radius 1 is 1.31 bits per heavy atom. The second-order valence-corrected chi connectivity index (χ2v) is 4.97. The molecule has 0 unspecified atom stereocenters. The smallest absolute Gasteiger partial charge is 0.120 e. The molecule has 1 aromatic rings. The molecule has 0 radical (unpaired) electrons. The molecule has 3 rings (SSSR count). The van der Waals surface area contributed by atoms with E-state index in [1.54, 1.807) is 6.07 Å². The molecule has 3 nitrogen and oxygen atoms in total. The molecule has 3 heteroatoms. The number of nitrogens with one attached hydrogen (secondary N) is 1. The van der Waals surface area contributed by atoms with Gasteiger partial charge in [-0.3, -0.25) is 4.90 Å². The molecule has 1 aromatic carbocycles. The van der Waals surface area contributed by atoms with Crippen LogP contribution < -0.4 is 5.32 Å². The van der Waals surface area contributed by atoms with Crippen molar-refractivity contribution in [1.82, 2.24) is 10.2 Å². The highest BCUT2D eigenvalue weighted by atomic mass is 16.3. The van der Waals surface area contributed by atoms with Gasteiger partial charge in [-0.25, -0.2) is 0 Å². The molecular formula is C13H18N2O. The minimum Gasteiger partial charge on any atom is -0.508 e. The molecule has 2 aliphatic rings. The van der Waals surface area contributed by atoms with E-state index in [-0.39, 0.29) is 5.54 Å². The maximum atomic E-state index is 9.97. The molecule has 2 N–H and O–H groups in total. The summed E-state index contributed by atoms with van der Waals surface area (Å²) in [4.78, 5) is 2.44. The average Bonchev–Trinajstić information content (AvgIpc) is 2.96. The summed E-state index contributed by atoms with van der Waals surface area (Å²) in [7, 11) is 2.19. The van der Waals surface area contributed by atoms with E-state index in [0.717, 1.165) is 31.5 Å². The minimum absolute atomic E-state index is 0.109. The molecular weight excluding hydrogens is 200 g/mol. The second-order valence-electron chi connectivity index (χ2n) is 4.97. The largest absolute Gasteiger partial charge is 0.508 e. The molecule has 1 saturated heterocycles. The summed E-state index contributed by atoms with van der Waals surface area (Å²) >= 11 is 0. The first kappa shape index (κ1) is 10.1. The number of nitrogens with zero attached hydrogens (tertiary/aromatic N) is 1. The topological polar surface area (TPSA) is 35.5 Å². The van der Waals surface area contributed by atoms with Crippen molar-refractivity contribution < 1.29 is 5.11 Å². The number of aromatic hydroxyl groups is 1. The fourth-order valence-electron chi connectivity index (χ4n) is 2.69. The lowest BCUT2D eigenvalue weighted by molar-refractivity contribution is 0.109. The summed E-state index contributed by atoms with van der Waals surface area (Å²) in [5.41, 5.74) is 1.21. The van der Waals surface area contributed by atoms with Crippen LogP contribution in [0.25, 0.3) is 0 Å². The Labute approximate surface area is 96.1 Å². The number of phenolic OH excluding ortho intramolecular Hbond substituents is 1. The van der Waals surface area contributed by atoms with Crippen molar-refractivity contribution in [3.05, 3.63) is 29.8 Å². The quantitative estimate of drug-likeness (QED) is 0.802. The highest BCUT2D eigenvalue weighted by Gasteiger charge is 2.51. The summed E-state index contributed by atoms with van der Waals surface area (Å²) in [5, 5.41) is 13.3. The van der Waals surface area contributed by atoms with Crippen molar-refractivity contribution in [3.8, 4) is 5.75 Å². The molecule has 1 aliphatic heterocycles. The van der Waals surface area contributed by atoms with Gasteiger partial charge in [-0.15, -0.1) is 0 Å². The van der Waals surface area contributed by atoms with E-state index in [9.17, 15) is 5.11 Å². The second kappa shape index (κ2) is 3.47. The summed E-state index contributed by atoms with van der Waals surface area (Å²) < 4.78 is 0. The number of rotatable bonds is 3. The molecule has 2 fully saturated rings. The van der Waals surface area contributed by atoms with Crippen LogP contribution in [0.2, 0.25) is 0 Å². The zero-order valence-corrected chi connectivity index (χ0v) is 9.61. The zero-order valence-electron chi connectivity index (χ0n) is 9.61. The normalized spacial score (nSPS) is 23.1. The van der Waals surface area contributed by atoms with Gasteiger partial charge in [0.1, 0.15) is 5.75 Å². The lowest BCUT2D eigenvalue weighted by Crippen LogP contribution is -2.58. The molecule has 1 heterocycles. The van der Waals surface area contributed by atoms with Crippen molar-refractivity contribution in [2.24, 2.45) is 0 Å². The monoisotopic (exact) mass is 218 g/mol. The van der Waals surface area contributed by atoms with Gasteiger partial charge in [-0.2, -0.15) is 0 Å². The SMILES string of the molecule is CN(C1CNC1)C1(c2ccccc2O)CC1. The number of benzene rings is 1. The lowest BCUT2D eigenvalue weighted by Gasteiger charge is -2.41. The van der Waals surface area contributed by atoms with Crippen LogP contribution in [0.1, 0.15) is 18.4 Å². The first-order valence-electron chi connectivity index (χ1n) is 5.96. The van der Waals surface area contributed by atoms with Gasteiger partial charge in [0.05, 0.1) is 0 Å². The Hall–Kier alpha value is -1.06. The van der Waals surface area contributed by atoms with Crippen LogP contribution in [0, 0.1) is 0 Å². The Bertz CT molecular complexity index is 397. The van der Waals surface area contributed by atoms with Crippen LogP contribution in [0.15, 0.2) is 24.3 Å². The average molecular weight is 218 g/mol. The van der Waals surface area contributed by atoms with E-state index in [4.69, 9.17) is 0 Å². The van der Waals surface area contributed by atoms with E-state index < -0.39 is 0 Å². The van der Waals surface area contributed by atoms with E-state index in [1.165, 1.54) is 0 Å². The standard InChI is InChI=1S/C13H18N2O/c1-15(10-8-14-9-10)13(6-7-13)11-4-2-3-5-12(11)16/h2-5,10,14,16H,6-9H2,1H3. The third-order valence-corrected chi connectivity index (χ3v) is 4.11. The Morgan fingerprint density at radius 2 is 2.00 bits per heavy atom. The summed E-state index contributed by atoms with van der Waals surface area (Å²) in [6, 6.07) is 8.39. The van der Waals surface area contributed by atoms with E-state index >= 15 is 0 Å². The molecule has 1 aliphatic carbocycles. The highest BCUT2D eigenvalue weighted by molar-refractivity contribution is 5.41. The number of likely N-dealkylation sites (N-methyl/N-ethyl adjacent to an activating group) is 1. The summed E-state index contributed by atoms with van der Waals surface area (Å²) in [6.45, 7) is 2.15. The number of para-hydroxylation sites is 1. The number of hydrogen-bond donors (Lipinski definition) is 2. The maximum absolute atomic E-state index is 9.97. The van der Waals surface area contributed by atoms with Crippen molar-refractivity contribution in [3.63, 3.8) is 0 Å².